The van der Waals surface area contributed by atoms with Gasteiger partial charge < -0.3 is 9.84 Å². The summed E-state index contributed by atoms with van der Waals surface area (Å²) in [5.74, 6) is 0.961. The number of hydrogen-bond donors (Lipinski definition) is 1. The van der Waals surface area contributed by atoms with Gasteiger partial charge in [-0.15, -0.1) is 0 Å². The van der Waals surface area contributed by atoms with Crippen molar-refractivity contribution in [3.05, 3.63) is 23.3 Å². The first kappa shape index (κ1) is 19.4. The lowest BCUT2D eigenvalue weighted by Crippen LogP contribution is -2.56. The van der Waals surface area contributed by atoms with E-state index in [2.05, 4.69) is 29.8 Å². The van der Waals surface area contributed by atoms with Crippen LogP contribution in [-0.2, 0) is 14.3 Å². The van der Waals surface area contributed by atoms with Crippen molar-refractivity contribution in [2.75, 3.05) is 7.11 Å². The molecule has 4 nitrogen and oxygen atoms in total. The lowest BCUT2D eigenvalue weighted by atomic mass is 9.46. The number of hydrogen-bond acceptors (Lipinski definition) is 4. The molecule has 5 heteroatoms. The van der Waals surface area contributed by atoms with Gasteiger partial charge >= 0.3 is 5.97 Å². The third-order valence-corrected chi connectivity index (χ3v) is 9.02. The Morgan fingerprint density at radius 2 is 2.00 bits per heavy atom. The first-order valence-electron chi connectivity index (χ1n) is 10.1. The fourth-order valence-electron chi connectivity index (χ4n) is 7.00. The first-order valence-corrected chi connectivity index (χ1v) is 11.0. The molecule has 7 unspecified atom stereocenters. The number of rotatable bonds is 1. The van der Waals surface area contributed by atoms with E-state index in [1.807, 2.05) is 6.08 Å². The van der Waals surface area contributed by atoms with Gasteiger partial charge in [0.15, 0.2) is 5.78 Å². The highest BCUT2D eigenvalue weighted by molar-refractivity contribution is 9.10. The van der Waals surface area contributed by atoms with Crippen LogP contribution < -0.4 is 0 Å². The SMILES string of the molecule is COC(=O)/C=C1\CCC2C3CCC4=CC(=O)C(Br)CC4(C)C3C(O)CC12C. The molecule has 4 rings (SSSR count). The van der Waals surface area contributed by atoms with E-state index in [0.29, 0.717) is 18.3 Å². The van der Waals surface area contributed by atoms with Crippen molar-refractivity contribution in [1.82, 2.24) is 0 Å². The highest BCUT2D eigenvalue weighted by Crippen LogP contribution is 2.66. The maximum Gasteiger partial charge on any atom is 0.330 e. The maximum atomic E-state index is 12.2. The summed E-state index contributed by atoms with van der Waals surface area (Å²) in [6.45, 7) is 4.48. The van der Waals surface area contributed by atoms with Crippen LogP contribution in [0.2, 0.25) is 0 Å². The molecule has 148 valence electrons. The number of allylic oxidation sites excluding steroid dienone is 2. The van der Waals surface area contributed by atoms with Crippen molar-refractivity contribution < 1.29 is 19.4 Å². The molecule has 0 amide bonds. The largest absolute Gasteiger partial charge is 0.466 e. The summed E-state index contributed by atoms with van der Waals surface area (Å²) < 4.78 is 4.86. The summed E-state index contributed by atoms with van der Waals surface area (Å²) in [5, 5.41) is 11.3. The van der Waals surface area contributed by atoms with Crippen molar-refractivity contribution in [2.45, 2.75) is 63.3 Å². The molecular formula is C22H29BrO4. The molecule has 0 spiro atoms. The number of methoxy groups -OCH3 is 1. The molecule has 3 fully saturated rings. The minimum absolute atomic E-state index is 0.124. The van der Waals surface area contributed by atoms with E-state index >= 15 is 0 Å². The van der Waals surface area contributed by atoms with Crippen LogP contribution in [0.1, 0.15) is 52.4 Å². The molecule has 4 aliphatic carbocycles. The molecule has 1 N–H and O–H groups in total. The van der Waals surface area contributed by atoms with Gasteiger partial charge in [0.05, 0.1) is 18.0 Å². The van der Waals surface area contributed by atoms with E-state index in [1.54, 1.807) is 6.08 Å². The predicted octanol–water partition coefficient (Wildman–Crippen LogP) is 3.96. The zero-order valence-corrected chi connectivity index (χ0v) is 17.9. The molecule has 0 radical (unpaired) electrons. The minimum Gasteiger partial charge on any atom is -0.466 e. The second kappa shape index (κ2) is 6.55. The lowest BCUT2D eigenvalue weighted by Gasteiger charge is -2.59. The number of ketones is 1. The van der Waals surface area contributed by atoms with Crippen molar-refractivity contribution in [3.63, 3.8) is 0 Å². The molecule has 27 heavy (non-hydrogen) atoms. The third kappa shape index (κ3) is 2.79. The Balaban J connectivity index is 1.71. The monoisotopic (exact) mass is 436 g/mol. The zero-order valence-electron chi connectivity index (χ0n) is 16.3. The highest BCUT2D eigenvalue weighted by Gasteiger charge is 2.61. The van der Waals surface area contributed by atoms with E-state index < -0.39 is 6.10 Å². The number of aliphatic hydroxyl groups excluding tert-OH is 1. The molecule has 0 aromatic carbocycles. The average molecular weight is 437 g/mol. The Morgan fingerprint density at radius 1 is 1.26 bits per heavy atom. The van der Waals surface area contributed by atoms with Crippen LogP contribution in [0.5, 0.6) is 0 Å². The van der Waals surface area contributed by atoms with Crippen LogP contribution in [-0.4, -0.2) is 34.9 Å². The molecule has 0 aromatic heterocycles. The number of alkyl halides is 1. The zero-order chi connectivity index (χ0) is 19.6. The van der Waals surface area contributed by atoms with Crippen LogP contribution in [0, 0.1) is 28.6 Å². The van der Waals surface area contributed by atoms with Crippen LogP contribution in [0.4, 0.5) is 0 Å². The van der Waals surface area contributed by atoms with E-state index in [4.69, 9.17) is 4.74 Å². The Kier molecular flexibility index (Phi) is 4.70. The summed E-state index contributed by atoms with van der Waals surface area (Å²) in [5.41, 5.74) is 2.11. The Bertz CT molecular complexity index is 741. The van der Waals surface area contributed by atoms with E-state index in [1.165, 1.54) is 12.7 Å². The lowest BCUT2D eigenvalue weighted by molar-refractivity contribution is -0.135. The van der Waals surface area contributed by atoms with Crippen LogP contribution >= 0.6 is 15.9 Å². The maximum absolute atomic E-state index is 12.2. The molecule has 7 atom stereocenters. The van der Waals surface area contributed by atoms with Crippen molar-refractivity contribution in [1.29, 1.82) is 0 Å². The van der Waals surface area contributed by atoms with Gasteiger partial charge in [0.1, 0.15) is 0 Å². The summed E-state index contributed by atoms with van der Waals surface area (Å²) in [7, 11) is 1.41. The normalized spacial score (nSPS) is 47.7. The molecule has 0 aromatic rings. The summed E-state index contributed by atoms with van der Waals surface area (Å²) in [4.78, 5) is 23.9. The number of esters is 1. The summed E-state index contributed by atoms with van der Waals surface area (Å²) in [6, 6.07) is 0. The van der Waals surface area contributed by atoms with Crippen LogP contribution in [0.25, 0.3) is 0 Å². The Hall–Kier alpha value is -0.940. The molecule has 3 saturated carbocycles. The van der Waals surface area contributed by atoms with E-state index in [9.17, 15) is 14.7 Å². The second-order valence-corrected chi connectivity index (χ2v) is 10.5. The second-order valence-electron chi connectivity index (χ2n) is 9.42. The number of carbonyl (C=O) groups excluding carboxylic acids is 2. The van der Waals surface area contributed by atoms with E-state index in [-0.39, 0.29) is 33.3 Å². The molecule has 0 saturated heterocycles. The quantitative estimate of drug-likeness (QED) is 0.383. The van der Waals surface area contributed by atoms with E-state index in [0.717, 1.165) is 37.7 Å². The number of halogens is 1. The van der Waals surface area contributed by atoms with Gasteiger partial charge in [0.2, 0.25) is 0 Å². The number of fused-ring (bicyclic) bond motifs is 5. The van der Waals surface area contributed by atoms with Crippen molar-refractivity contribution in [2.24, 2.45) is 28.6 Å². The van der Waals surface area contributed by atoms with Gasteiger partial charge in [-0.3, -0.25) is 4.79 Å². The fourth-order valence-corrected chi connectivity index (χ4v) is 7.80. The number of ether oxygens (including phenoxy) is 1. The topological polar surface area (TPSA) is 63.6 Å². The standard InChI is InChI=1S/C22H29BrO4/c1-21-11-18(25)20-14(15(21)7-5-13(21)9-19(26)27-3)6-4-12-8-17(24)16(23)10-22(12,20)2/h8-9,14-16,18,20,25H,4-7,10-11H2,1-3H3/b13-9+. The average Bonchev–Trinajstić information content (AvgIpc) is 2.91. The van der Waals surface area contributed by atoms with Crippen molar-refractivity contribution in [3.8, 4) is 0 Å². The van der Waals surface area contributed by atoms with Crippen LogP contribution in [0.15, 0.2) is 23.3 Å². The molecule has 0 bridgehead atoms. The molecule has 0 aliphatic heterocycles. The third-order valence-electron chi connectivity index (χ3n) is 8.24. The predicted molar refractivity (Wildman–Crippen MR) is 106 cm³/mol. The molecular weight excluding hydrogens is 408 g/mol. The summed E-state index contributed by atoms with van der Waals surface area (Å²) in [6.07, 6.45) is 8.48. The number of carbonyl (C=O) groups is 2. The van der Waals surface area contributed by atoms with Gasteiger partial charge in [-0.2, -0.15) is 0 Å². The molecule has 0 heterocycles. The Labute approximate surface area is 169 Å². The van der Waals surface area contributed by atoms with Crippen molar-refractivity contribution >= 4 is 27.7 Å². The Morgan fingerprint density at radius 3 is 2.70 bits per heavy atom. The van der Waals surface area contributed by atoms with Crippen LogP contribution in [0.3, 0.4) is 0 Å². The highest BCUT2D eigenvalue weighted by atomic mass is 79.9. The van der Waals surface area contributed by atoms with Gasteiger partial charge in [0, 0.05) is 6.08 Å². The first-order chi connectivity index (χ1) is 12.7. The van der Waals surface area contributed by atoms with Gasteiger partial charge in [-0.25, -0.2) is 4.79 Å². The number of aliphatic hydroxyl groups is 1. The smallest absolute Gasteiger partial charge is 0.330 e. The van der Waals surface area contributed by atoms with Gasteiger partial charge in [-0.05, 0) is 73.2 Å². The van der Waals surface area contributed by atoms with Gasteiger partial charge in [-0.1, -0.05) is 40.9 Å². The van der Waals surface area contributed by atoms with Gasteiger partial charge in [0.25, 0.3) is 0 Å². The summed E-state index contributed by atoms with van der Waals surface area (Å²) >= 11 is 3.56. The molecule has 4 aliphatic rings. The fraction of sp³-hybridized carbons (Fsp3) is 0.727. The minimum atomic E-state index is -0.419.